The van der Waals surface area contributed by atoms with Crippen molar-refractivity contribution in [1.29, 1.82) is 0 Å². The van der Waals surface area contributed by atoms with E-state index < -0.39 is 0 Å². The maximum absolute atomic E-state index is 13.4. The number of amides is 1. The molecule has 1 saturated carbocycles. The number of fused-ring (bicyclic) bond motifs is 1. The third kappa shape index (κ3) is 4.12. The van der Waals surface area contributed by atoms with Crippen LogP contribution in [0.3, 0.4) is 0 Å². The fraction of sp³-hybridized carbons (Fsp3) is 0.348. The third-order valence-electron chi connectivity index (χ3n) is 5.58. The van der Waals surface area contributed by atoms with Crippen molar-refractivity contribution in [1.82, 2.24) is 14.9 Å². The van der Waals surface area contributed by atoms with Crippen molar-refractivity contribution in [2.24, 2.45) is 0 Å². The zero-order chi connectivity index (χ0) is 21.3. The van der Waals surface area contributed by atoms with Gasteiger partial charge in [0.2, 0.25) is 5.91 Å². The predicted octanol–water partition coefficient (Wildman–Crippen LogP) is 4.89. The summed E-state index contributed by atoms with van der Waals surface area (Å²) in [4.78, 5) is 30.9. The van der Waals surface area contributed by atoms with Crippen LogP contribution in [0.15, 0.2) is 52.4 Å². The first-order valence-electron chi connectivity index (χ1n) is 10.2. The van der Waals surface area contributed by atoms with Crippen LogP contribution in [-0.4, -0.2) is 26.8 Å². The maximum atomic E-state index is 13.4. The van der Waals surface area contributed by atoms with Crippen LogP contribution in [0.25, 0.3) is 16.6 Å². The van der Waals surface area contributed by atoms with E-state index in [1.807, 2.05) is 44.2 Å². The molecular formula is C23H24ClN3O2S. The normalized spacial score (nSPS) is 15.4. The van der Waals surface area contributed by atoms with Gasteiger partial charge in [-0.05, 0) is 56.5 Å². The van der Waals surface area contributed by atoms with Crippen LogP contribution in [0, 0.1) is 6.92 Å². The average Bonchev–Trinajstić information content (AvgIpc) is 3.24. The van der Waals surface area contributed by atoms with Crippen LogP contribution >= 0.6 is 23.4 Å². The second-order valence-electron chi connectivity index (χ2n) is 7.69. The molecule has 7 heteroatoms. The Morgan fingerprint density at radius 1 is 1.20 bits per heavy atom. The largest absolute Gasteiger partial charge is 0.352 e. The standard InChI is InChI=1S/C23H24ClN3O2S/c1-14-18(24)11-7-13-20(14)27-22(29)17-10-5-6-12-19(17)26-23(27)30-15(2)21(28)25-16-8-3-4-9-16/h5-7,10-13,15-16H,3-4,8-9H2,1-2H3,(H,25,28). The van der Waals surface area contributed by atoms with Crippen LogP contribution in [0.4, 0.5) is 0 Å². The first kappa shape index (κ1) is 20.9. The Kier molecular flexibility index (Phi) is 6.16. The minimum absolute atomic E-state index is 0.0244. The molecule has 0 bridgehead atoms. The fourth-order valence-electron chi connectivity index (χ4n) is 3.84. The molecule has 1 atom stereocenters. The number of hydrogen-bond acceptors (Lipinski definition) is 4. The van der Waals surface area contributed by atoms with E-state index in [1.165, 1.54) is 11.8 Å². The van der Waals surface area contributed by atoms with E-state index in [0.717, 1.165) is 31.2 Å². The van der Waals surface area contributed by atoms with Crippen LogP contribution in [0.5, 0.6) is 0 Å². The molecule has 1 aromatic heterocycles. The monoisotopic (exact) mass is 441 g/mol. The van der Waals surface area contributed by atoms with Gasteiger partial charge in [-0.1, -0.05) is 54.4 Å². The lowest BCUT2D eigenvalue weighted by Crippen LogP contribution is -2.38. The predicted molar refractivity (Wildman–Crippen MR) is 123 cm³/mol. The summed E-state index contributed by atoms with van der Waals surface area (Å²) in [6.45, 7) is 3.73. The first-order chi connectivity index (χ1) is 14.5. The lowest BCUT2D eigenvalue weighted by Gasteiger charge is -2.19. The minimum atomic E-state index is -0.385. The molecule has 1 heterocycles. The van der Waals surface area contributed by atoms with Crippen molar-refractivity contribution in [2.75, 3.05) is 0 Å². The Morgan fingerprint density at radius 2 is 1.93 bits per heavy atom. The smallest absolute Gasteiger partial charge is 0.266 e. The summed E-state index contributed by atoms with van der Waals surface area (Å²) < 4.78 is 1.58. The Labute approximate surface area is 184 Å². The van der Waals surface area contributed by atoms with E-state index in [4.69, 9.17) is 16.6 Å². The second-order valence-corrected chi connectivity index (χ2v) is 9.40. The van der Waals surface area contributed by atoms with Gasteiger partial charge in [-0.3, -0.25) is 14.2 Å². The molecule has 30 heavy (non-hydrogen) atoms. The molecule has 0 saturated heterocycles. The number of para-hydroxylation sites is 1. The first-order valence-corrected chi connectivity index (χ1v) is 11.5. The molecule has 1 aliphatic rings. The van der Waals surface area contributed by atoms with Crippen molar-refractivity contribution >= 4 is 40.2 Å². The molecule has 2 aromatic carbocycles. The van der Waals surface area contributed by atoms with Gasteiger partial charge >= 0.3 is 0 Å². The van der Waals surface area contributed by atoms with E-state index in [1.54, 1.807) is 16.7 Å². The molecule has 0 radical (unpaired) electrons. The van der Waals surface area contributed by atoms with Gasteiger partial charge in [0.15, 0.2) is 5.16 Å². The van der Waals surface area contributed by atoms with Crippen LogP contribution in [-0.2, 0) is 4.79 Å². The van der Waals surface area contributed by atoms with E-state index in [2.05, 4.69) is 5.32 Å². The van der Waals surface area contributed by atoms with Crippen molar-refractivity contribution in [3.8, 4) is 5.69 Å². The highest BCUT2D eigenvalue weighted by atomic mass is 35.5. The van der Waals surface area contributed by atoms with Gasteiger partial charge in [0.25, 0.3) is 5.56 Å². The number of rotatable bonds is 5. The van der Waals surface area contributed by atoms with Crippen LogP contribution in [0.1, 0.15) is 38.2 Å². The number of nitrogens with one attached hydrogen (secondary N) is 1. The molecule has 3 aromatic rings. The molecule has 5 nitrogen and oxygen atoms in total. The van der Waals surface area contributed by atoms with Gasteiger partial charge in [0.05, 0.1) is 21.8 Å². The Hall–Kier alpha value is -2.31. The number of carbonyl (C=O) groups excluding carboxylic acids is 1. The van der Waals surface area contributed by atoms with Crippen molar-refractivity contribution < 1.29 is 4.79 Å². The van der Waals surface area contributed by atoms with Gasteiger partial charge in [0, 0.05) is 11.1 Å². The Bertz CT molecular complexity index is 1150. The van der Waals surface area contributed by atoms with Gasteiger partial charge in [-0.2, -0.15) is 0 Å². The quantitative estimate of drug-likeness (QED) is 0.452. The van der Waals surface area contributed by atoms with Crippen LogP contribution < -0.4 is 10.9 Å². The molecule has 1 aliphatic carbocycles. The molecular weight excluding hydrogens is 418 g/mol. The van der Waals surface area contributed by atoms with Crippen molar-refractivity contribution in [3.63, 3.8) is 0 Å². The van der Waals surface area contributed by atoms with Gasteiger partial charge < -0.3 is 5.32 Å². The Balaban J connectivity index is 1.77. The zero-order valence-corrected chi connectivity index (χ0v) is 18.6. The number of aromatic nitrogens is 2. The third-order valence-corrected chi connectivity index (χ3v) is 7.04. The summed E-state index contributed by atoms with van der Waals surface area (Å²) in [5.41, 5.74) is 1.92. The minimum Gasteiger partial charge on any atom is -0.352 e. The summed E-state index contributed by atoms with van der Waals surface area (Å²) in [6, 6.07) is 13.0. The van der Waals surface area contributed by atoms with E-state index in [0.29, 0.717) is 26.8 Å². The molecule has 0 aliphatic heterocycles. The number of benzene rings is 2. The topological polar surface area (TPSA) is 64.0 Å². The SMILES string of the molecule is Cc1c(Cl)cccc1-n1c(SC(C)C(=O)NC2CCCC2)nc2ccccc2c1=O. The van der Waals surface area contributed by atoms with Gasteiger partial charge in [-0.25, -0.2) is 4.98 Å². The van der Waals surface area contributed by atoms with Gasteiger partial charge in [0.1, 0.15) is 0 Å². The number of hydrogen-bond donors (Lipinski definition) is 1. The number of nitrogens with zero attached hydrogens (tertiary/aromatic N) is 2. The fourth-order valence-corrected chi connectivity index (χ4v) is 4.94. The van der Waals surface area contributed by atoms with Gasteiger partial charge in [-0.15, -0.1) is 0 Å². The lowest BCUT2D eigenvalue weighted by molar-refractivity contribution is -0.120. The zero-order valence-electron chi connectivity index (χ0n) is 17.0. The van der Waals surface area contributed by atoms with E-state index in [9.17, 15) is 9.59 Å². The highest BCUT2D eigenvalue weighted by molar-refractivity contribution is 8.00. The number of halogens is 1. The summed E-state index contributed by atoms with van der Waals surface area (Å²) in [7, 11) is 0. The summed E-state index contributed by atoms with van der Waals surface area (Å²) in [5.74, 6) is -0.0244. The number of carbonyl (C=O) groups is 1. The molecule has 0 spiro atoms. The van der Waals surface area contributed by atoms with Crippen LogP contribution in [0.2, 0.25) is 5.02 Å². The molecule has 1 fully saturated rings. The molecule has 1 N–H and O–H groups in total. The highest BCUT2D eigenvalue weighted by Gasteiger charge is 2.24. The van der Waals surface area contributed by atoms with E-state index >= 15 is 0 Å². The summed E-state index contributed by atoms with van der Waals surface area (Å²) in [6.07, 6.45) is 4.38. The molecule has 4 rings (SSSR count). The number of thioether (sulfide) groups is 1. The summed E-state index contributed by atoms with van der Waals surface area (Å²) in [5, 5.41) is 4.34. The molecule has 1 unspecified atom stereocenters. The molecule has 1 amide bonds. The maximum Gasteiger partial charge on any atom is 0.266 e. The van der Waals surface area contributed by atoms with Crippen molar-refractivity contribution in [2.45, 2.75) is 56.0 Å². The van der Waals surface area contributed by atoms with E-state index in [-0.39, 0.29) is 22.8 Å². The molecule has 156 valence electrons. The lowest BCUT2D eigenvalue weighted by atomic mass is 10.2. The summed E-state index contributed by atoms with van der Waals surface area (Å²) >= 11 is 7.63. The van der Waals surface area contributed by atoms with Crippen molar-refractivity contribution in [3.05, 3.63) is 63.4 Å². The Morgan fingerprint density at radius 3 is 2.70 bits per heavy atom. The second kappa shape index (κ2) is 8.82. The average molecular weight is 442 g/mol. The highest BCUT2D eigenvalue weighted by Crippen LogP contribution is 2.29.